The number of aliphatic hydroxyl groups is 1. The molecule has 3 saturated heterocycles. The number of sulfone groups is 1. The normalized spacial score (nSPS) is 17.9. The smallest absolute Gasteiger partial charge is 0.246 e. The van der Waals surface area contributed by atoms with Crippen LogP contribution in [0.3, 0.4) is 0 Å². The van der Waals surface area contributed by atoms with Crippen molar-refractivity contribution in [3.63, 3.8) is 0 Å². The average molecular weight is 1120 g/mol. The molecule has 2 aromatic heterocycles. The Morgan fingerprint density at radius 3 is 2.19 bits per heavy atom. The number of likely N-dealkylation sites (tertiary alicyclic amines) is 1. The number of hydrogen-bond donors (Lipinski definition) is 5. The molecule has 0 spiro atoms. The van der Waals surface area contributed by atoms with Gasteiger partial charge in [0.2, 0.25) is 35.5 Å². The summed E-state index contributed by atoms with van der Waals surface area (Å²) in [6, 6.07) is 19.2. The minimum atomic E-state index is -3.56. The standard InChI is InChI=1S/C57H76N12O8S2/c1-37(2)79(75,76)48-14-12-11-13-45(48)63-56-60-35-59-55(65-56)62-44-22-21-42(31-47(44)77-7)66-25-23-41(24-26-66)67-27-29-68(30-28-67)50(72)16-10-8-9-15-49(71)64-52(57(4,5)6)54(74)69-34-43(70)32-46(69)53(73)58-33-39-17-19-40(20-18-39)51-38(3)61-36-78-51/h11-14,17-22,31,35-37,41,43,46,52,70H,8-10,15-16,23-30,32-34H2,1-7H3,(H,58,73)(H,64,71)(H2,59,60,62,63,65)/t43-,46+,52-/m1/s1. The number of anilines is 5. The summed E-state index contributed by atoms with van der Waals surface area (Å²) in [5.41, 5.74) is 6.14. The second-order valence-electron chi connectivity index (χ2n) is 22.0. The number of nitrogens with one attached hydrogen (secondary N) is 4. The quantitative estimate of drug-likeness (QED) is 0.0472. The number of piperidine rings is 1. The van der Waals surface area contributed by atoms with Crippen LogP contribution in [0.25, 0.3) is 10.4 Å². The van der Waals surface area contributed by atoms with Gasteiger partial charge in [-0.3, -0.25) is 24.1 Å². The van der Waals surface area contributed by atoms with Crippen LogP contribution in [0.5, 0.6) is 5.75 Å². The predicted molar refractivity (Wildman–Crippen MR) is 306 cm³/mol. The Kier molecular flexibility index (Phi) is 19.2. The van der Waals surface area contributed by atoms with Crippen molar-refractivity contribution in [1.29, 1.82) is 0 Å². The SMILES string of the molecule is COc1cc(N2CCC(N3CCN(C(=O)CCCCCC(=O)N[C@H](C(=O)N4C[C@H](O)C[C@H]4C(=O)NCc4ccc(-c5scnc5C)cc4)C(C)(C)C)CC3)CC2)ccc1Nc1ncnc(Nc2ccccc2S(=O)(=O)C(C)C)n1. The summed E-state index contributed by atoms with van der Waals surface area (Å²) in [4.78, 5) is 81.1. The van der Waals surface area contributed by atoms with Gasteiger partial charge < -0.3 is 45.8 Å². The Morgan fingerprint density at radius 2 is 1.53 bits per heavy atom. The van der Waals surface area contributed by atoms with Crippen molar-refractivity contribution in [3.05, 3.63) is 89.8 Å². The van der Waals surface area contributed by atoms with Crippen molar-refractivity contribution < 1.29 is 37.4 Å². The lowest BCUT2D eigenvalue weighted by atomic mass is 9.85. The summed E-state index contributed by atoms with van der Waals surface area (Å²) in [5.74, 6) is 0.161. The van der Waals surface area contributed by atoms with E-state index in [0.717, 1.165) is 66.4 Å². The topological polar surface area (TPSA) is 245 Å². The number of aliphatic hydroxyl groups excluding tert-OH is 1. The molecule has 3 aromatic carbocycles. The van der Waals surface area contributed by atoms with Crippen LogP contribution in [0.2, 0.25) is 0 Å². The lowest BCUT2D eigenvalue weighted by Gasteiger charge is -2.43. The number of para-hydroxylation sites is 1. The molecule has 5 N–H and O–H groups in total. The summed E-state index contributed by atoms with van der Waals surface area (Å²) in [7, 11) is -1.94. The summed E-state index contributed by atoms with van der Waals surface area (Å²) < 4.78 is 31.8. The largest absolute Gasteiger partial charge is 0.494 e. The lowest BCUT2D eigenvalue weighted by Crippen LogP contribution is -2.57. The maximum Gasteiger partial charge on any atom is 0.246 e. The van der Waals surface area contributed by atoms with Gasteiger partial charge in [-0.2, -0.15) is 4.98 Å². The number of methoxy groups -OCH3 is 1. The summed E-state index contributed by atoms with van der Waals surface area (Å²) in [6.07, 6.45) is 5.10. The number of benzene rings is 3. The molecule has 3 aliphatic rings. The molecule has 20 nitrogen and oxygen atoms in total. The highest BCUT2D eigenvalue weighted by Crippen LogP contribution is 2.35. The maximum atomic E-state index is 14.1. The molecule has 0 aliphatic carbocycles. The molecule has 8 rings (SSSR count). The average Bonchev–Trinajstić information content (AvgIpc) is 4.08. The van der Waals surface area contributed by atoms with Crippen LogP contribution >= 0.6 is 11.3 Å². The maximum absolute atomic E-state index is 14.1. The Hall–Kier alpha value is -6.75. The number of carbonyl (C=O) groups excluding carboxylic acids is 4. The van der Waals surface area contributed by atoms with E-state index in [2.05, 4.69) is 51.0 Å². The van der Waals surface area contributed by atoms with E-state index in [1.165, 1.54) is 11.2 Å². The van der Waals surface area contributed by atoms with Gasteiger partial charge >= 0.3 is 0 Å². The van der Waals surface area contributed by atoms with E-state index in [1.54, 1.807) is 56.6 Å². The number of β-amino-alcohol motifs (C(OH)–C–C–N with tert-alkyl or cyclic N) is 1. The first-order valence-corrected chi connectivity index (χ1v) is 29.8. The number of hydrogen-bond acceptors (Lipinski definition) is 17. The van der Waals surface area contributed by atoms with Crippen LogP contribution in [-0.4, -0.2) is 154 Å². The molecule has 5 aromatic rings. The second kappa shape index (κ2) is 26.0. The molecule has 0 radical (unpaired) electrons. The molecule has 424 valence electrons. The predicted octanol–water partition coefficient (Wildman–Crippen LogP) is 6.85. The van der Waals surface area contributed by atoms with Crippen LogP contribution in [0.1, 0.15) is 97.2 Å². The molecule has 5 heterocycles. The van der Waals surface area contributed by atoms with Crippen molar-refractivity contribution in [3.8, 4) is 16.2 Å². The van der Waals surface area contributed by atoms with Crippen molar-refractivity contribution >= 4 is 73.8 Å². The molecular formula is C57H76N12O8S2. The highest BCUT2D eigenvalue weighted by atomic mass is 32.2. The van der Waals surface area contributed by atoms with Gasteiger partial charge in [0.25, 0.3) is 0 Å². The van der Waals surface area contributed by atoms with Gasteiger partial charge in [-0.05, 0) is 87.3 Å². The van der Waals surface area contributed by atoms with Crippen LogP contribution < -0.4 is 30.9 Å². The van der Waals surface area contributed by atoms with Gasteiger partial charge in [0.05, 0.1) is 50.8 Å². The number of carbonyl (C=O) groups is 4. The van der Waals surface area contributed by atoms with Crippen LogP contribution in [0, 0.1) is 12.3 Å². The van der Waals surface area contributed by atoms with Crippen LogP contribution in [0.15, 0.2) is 83.5 Å². The monoisotopic (exact) mass is 1120 g/mol. The highest BCUT2D eigenvalue weighted by Gasteiger charge is 2.44. The molecule has 3 atom stereocenters. The fourth-order valence-electron chi connectivity index (χ4n) is 10.4. The van der Waals surface area contributed by atoms with E-state index >= 15 is 0 Å². The molecule has 3 aliphatic heterocycles. The van der Waals surface area contributed by atoms with E-state index in [4.69, 9.17) is 4.74 Å². The molecule has 22 heteroatoms. The summed E-state index contributed by atoms with van der Waals surface area (Å²) >= 11 is 1.57. The Bertz CT molecular complexity index is 3030. The number of piperazine rings is 1. The van der Waals surface area contributed by atoms with Crippen molar-refractivity contribution in [1.82, 2.24) is 45.3 Å². The van der Waals surface area contributed by atoms with Gasteiger partial charge in [-0.1, -0.05) is 63.6 Å². The fraction of sp³-hybridized carbons (Fsp3) is 0.509. The molecule has 3 fully saturated rings. The molecule has 0 unspecified atom stereocenters. The third kappa shape index (κ3) is 14.7. The molecular weight excluding hydrogens is 1040 g/mol. The minimum absolute atomic E-state index is 0.00180. The fourth-order valence-corrected chi connectivity index (χ4v) is 12.5. The van der Waals surface area contributed by atoms with Crippen molar-refractivity contribution in [2.45, 2.75) is 134 Å². The number of thiazole rings is 1. The molecule has 0 saturated carbocycles. The van der Waals surface area contributed by atoms with Crippen LogP contribution in [-0.2, 0) is 35.6 Å². The summed E-state index contributed by atoms with van der Waals surface area (Å²) in [6.45, 7) is 15.9. The highest BCUT2D eigenvalue weighted by molar-refractivity contribution is 7.92. The third-order valence-electron chi connectivity index (χ3n) is 15.1. The minimum Gasteiger partial charge on any atom is -0.494 e. The Morgan fingerprint density at radius 1 is 0.848 bits per heavy atom. The number of aryl methyl sites for hydroxylation is 1. The van der Waals surface area contributed by atoms with Gasteiger partial charge in [-0.25, -0.2) is 23.4 Å². The van der Waals surface area contributed by atoms with E-state index in [9.17, 15) is 32.7 Å². The van der Waals surface area contributed by atoms with Crippen LogP contribution in [0.4, 0.5) is 29.0 Å². The zero-order valence-corrected chi connectivity index (χ0v) is 48.0. The first-order chi connectivity index (χ1) is 37.8. The molecule has 0 bridgehead atoms. The lowest BCUT2D eigenvalue weighted by molar-refractivity contribution is -0.144. The van der Waals surface area contributed by atoms with E-state index in [-0.39, 0.29) is 60.4 Å². The first-order valence-electron chi connectivity index (χ1n) is 27.3. The molecule has 4 amide bonds. The zero-order valence-electron chi connectivity index (χ0n) is 46.4. The van der Waals surface area contributed by atoms with Gasteiger partial charge in [0, 0.05) is 89.4 Å². The van der Waals surface area contributed by atoms with Gasteiger partial charge in [0.15, 0.2) is 9.84 Å². The van der Waals surface area contributed by atoms with Crippen molar-refractivity contribution in [2.24, 2.45) is 5.41 Å². The number of amides is 4. The van der Waals surface area contributed by atoms with E-state index in [1.807, 2.05) is 80.6 Å². The first kappa shape index (κ1) is 58.4. The Balaban J connectivity index is 0.729. The summed E-state index contributed by atoms with van der Waals surface area (Å²) in [5, 5.41) is 22.2. The number of ether oxygens (including phenoxy) is 1. The Labute approximate surface area is 468 Å². The second-order valence-corrected chi connectivity index (χ2v) is 25.3. The van der Waals surface area contributed by atoms with E-state index < -0.39 is 44.6 Å². The van der Waals surface area contributed by atoms with Crippen molar-refractivity contribution in [2.75, 3.05) is 68.5 Å². The number of rotatable bonds is 21. The molecule has 79 heavy (non-hydrogen) atoms. The number of aromatic nitrogens is 4. The zero-order chi connectivity index (χ0) is 56.4. The van der Waals surface area contributed by atoms with Gasteiger partial charge in [0.1, 0.15) is 24.2 Å². The third-order valence-corrected chi connectivity index (χ3v) is 18.3. The number of nitrogens with zero attached hydrogens (tertiary/aromatic N) is 8. The number of unbranched alkanes of at least 4 members (excludes halogenated alkanes) is 2. The van der Waals surface area contributed by atoms with E-state index in [0.29, 0.717) is 61.9 Å². The van der Waals surface area contributed by atoms with Gasteiger partial charge in [-0.15, -0.1) is 11.3 Å².